The van der Waals surface area contributed by atoms with E-state index in [9.17, 15) is 9.90 Å². The first kappa shape index (κ1) is 24.8. The summed E-state index contributed by atoms with van der Waals surface area (Å²) >= 11 is 6.15. The fourth-order valence-electron chi connectivity index (χ4n) is 3.71. The molecule has 3 N–H and O–H groups in total. The van der Waals surface area contributed by atoms with Crippen LogP contribution < -0.4 is 5.73 Å². The van der Waals surface area contributed by atoms with E-state index in [-0.39, 0.29) is 0 Å². The molecule has 3 rings (SSSR count). The molecular formula is C28H30ClNO3. The maximum absolute atomic E-state index is 12.4. The maximum atomic E-state index is 12.4. The number of hydrogen-bond donors (Lipinski definition) is 2. The molecule has 0 heterocycles. The second kappa shape index (κ2) is 9.19. The number of ether oxygens (including phenoxy) is 1. The number of benzene rings is 3. The topological polar surface area (TPSA) is 72.5 Å². The van der Waals surface area contributed by atoms with E-state index < -0.39 is 23.2 Å². The zero-order valence-corrected chi connectivity index (χ0v) is 20.7. The number of carboxylic acids is 1. The first-order chi connectivity index (χ1) is 15.2. The summed E-state index contributed by atoms with van der Waals surface area (Å²) in [5.74, 6) is 5.17. The predicted octanol–water partition coefficient (Wildman–Crippen LogP) is 6.50. The van der Waals surface area contributed by atoms with Crippen molar-refractivity contribution in [2.45, 2.75) is 58.8 Å². The Morgan fingerprint density at radius 3 is 2.24 bits per heavy atom. The smallest absolute Gasteiger partial charge is 0.337 e. The van der Waals surface area contributed by atoms with Crippen molar-refractivity contribution in [1.29, 1.82) is 0 Å². The van der Waals surface area contributed by atoms with E-state index in [1.54, 1.807) is 12.1 Å². The minimum atomic E-state index is -1.14. The molecule has 0 aliphatic heterocycles. The van der Waals surface area contributed by atoms with Gasteiger partial charge in [-0.2, -0.15) is 0 Å². The van der Waals surface area contributed by atoms with Crippen molar-refractivity contribution < 1.29 is 14.6 Å². The molecule has 3 aromatic carbocycles. The highest BCUT2D eigenvalue weighted by Crippen LogP contribution is 2.41. The van der Waals surface area contributed by atoms with Crippen molar-refractivity contribution in [3.8, 4) is 23.0 Å². The molecular weight excluding hydrogens is 434 g/mol. The highest BCUT2D eigenvalue weighted by molar-refractivity contribution is 6.30. The standard InChI is InChI=1S/C28H30ClNO3/c1-17-15-20-8-7-18(13-14-28(5,6)30)16-22(20)24(19-9-11-21(29)12-10-19)23(17)25(26(31)32)33-27(2,3)4/h7-12,15-16,25H,30H2,1-6H3,(H,31,32)/t25-/m0/s1. The van der Waals surface area contributed by atoms with Crippen molar-refractivity contribution >= 4 is 28.3 Å². The van der Waals surface area contributed by atoms with Crippen LogP contribution in [-0.4, -0.2) is 22.2 Å². The second-order valence-electron chi connectivity index (χ2n) is 9.85. The van der Waals surface area contributed by atoms with Gasteiger partial charge in [0, 0.05) is 16.1 Å². The van der Waals surface area contributed by atoms with Gasteiger partial charge in [-0.3, -0.25) is 0 Å². The van der Waals surface area contributed by atoms with Crippen molar-refractivity contribution in [3.05, 3.63) is 70.2 Å². The van der Waals surface area contributed by atoms with E-state index in [1.807, 2.05) is 77.9 Å². The summed E-state index contributed by atoms with van der Waals surface area (Å²) in [6, 6.07) is 15.3. The van der Waals surface area contributed by atoms with Gasteiger partial charge in [0.05, 0.1) is 11.1 Å². The van der Waals surface area contributed by atoms with Crippen LogP contribution in [0.4, 0.5) is 0 Å². The van der Waals surface area contributed by atoms with Crippen LogP contribution in [0.25, 0.3) is 21.9 Å². The normalized spacial score (nSPS) is 12.8. The average molecular weight is 464 g/mol. The Kier molecular flexibility index (Phi) is 6.91. The number of hydrogen-bond acceptors (Lipinski definition) is 3. The Bertz CT molecular complexity index is 1250. The van der Waals surface area contributed by atoms with Gasteiger partial charge in [0.2, 0.25) is 0 Å². The fourth-order valence-corrected chi connectivity index (χ4v) is 3.84. The van der Waals surface area contributed by atoms with Crippen LogP contribution in [0.1, 0.15) is 57.4 Å². The van der Waals surface area contributed by atoms with E-state index in [4.69, 9.17) is 22.1 Å². The molecule has 0 fully saturated rings. The molecule has 172 valence electrons. The van der Waals surface area contributed by atoms with Gasteiger partial charge in [-0.1, -0.05) is 47.7 Å². The Morgan fingerprint density at radius 2 is 1.70 bits per heavy atom. The van der Waals surface area contributed by atoms with Crippen LogP contribution >= 0.6 is 11.6 Å². The lowest BCUT2D eigenvalue weighted by Crippen LogP contribution is -2.29. The Morgan fingerprint density at radius 1 is 1.06 bits per heavy atom. The monoisotopic (exact) mass is 463 g/mol. The summed E-state index contributed by atoms with van der Waals surface area (Å²) < 4.78 is 6.05. The lowest BCUT2D eigenvalue weighted by atomic mass is 9.86. The van der Waals surface area contributed by atoms with Gasteiger partial charge < -0.3 is 15.6 Å². The van der Waals surface area contributed by atoms with Gasteiger partial charge in [0.1, 0.15) is 0 Å². The molecule has 3 aromatic rings. The molecule has 4 nitrogen and oxygen atoms in total. The molecule has 33 heavy (non-hydrogen) atoms. The average Bonchev–Trinajstić information content (AvgIpc) is 2.69. The van der Waals surface area contributed by atoms with Crippen LogP contribution in [0.5, 0.6) is 0 Å². The van der Waals surface area contributed by atoms with Crippen LogP contribution in [0.3, 0.4) is 0 Å². The molecule has 0 saturated heterocycles. The van der Waals surface area contributed by atoms with Gasteiger partial charge >= 0.3 is 5.97 Å². The number of aliphatic carboxylic acids is 1. The Labute approximate surface area is 200 Å². The maximum Gasteiger partial charge on any atom is 0.337 e. The number of aryl methyl sites for hydroxylation is 1. The largest absolute Gasteiger partial charge is 0.479 e. The lowest BCUT2D eigenvalue weighted by molar-refractivity contribution is -0.160. The minimum absolute atomic E-state index is 0.606. The van der Waals surface area contributed by atoms with E-state index in [2.05, 4.69) is 11.8 Å². The van der Waals surface area contributed by atoms with Crippen molar-refractivity contribution in [2.24, 2.45) is 5.73 Å². The summed E-state index contributed by atoms with van der Waals surface area (Å²) in [5.41, 5.74) is 8.68. The summed E-state index contributed by atoms with van der Waals surface area (Å²) in [7, 11) is 0. The Hall–Kier alpha value is -2.84. The molecule has 1 atom stereocenters. The number of carbonyl (C=O) groups is 1. The zero-order valence-electron chi connectivity index (χ0n) is 19.9. The SMILES string of the molecule is Cc1cc2ccc(C#CC(C)(C)N)cc2c(-c2ccc(Cl)cc2)c1[C@H](OC(C)(C)C)C(=O)O. The molecule has 0 spiro atoms. The molecule has 0 amide bonds. The van der Waals surface area contributed by atoms with Crippen molar-refractivity contribution in [2.75, 3.05) is 0 Å². The third kappa shape index (κ3) is 6.15. The van der Waals surface area contributed by atoms with Gasteiger partial charge in [0.25, 0.3) is 0 Å². The molecule has 5 heteroatoms. The quantitative estimate of drug-likeness (QED) is 0.433. The number of fused-ring (bicyclic) bond motifs is 1. The first-order valence-corrected chi connectivity index (χ1v) is 11.2. The second-order valence-corrected chi connectivity index (χ2v) is 10.3. The third-order valence-corrected chi connectivity index (χ3v) is 5.26. The molecule has 0 saturated carbocycles. The molecule has 0 radical (unpaired) electrons. The highest BCUT2D eigenvalue weighted by Gasteiger charge is 2.31. The summed E-state index contributed by atoms with van der Waals surface area (Å²) in [4.78, 5) is 12.4. The highest BCUT2D eigenvalue weighted by atomic mass is 35.5. The van der Waals surface area contributed by atoms with Crippen molar-refractivity contribution in [1.82, 2.24) is 0 Å². The van der Waals surface area contributed by atoms with Gasteiger partial charge in [-0.05, 0) is 93.3 Å². The van der Waals surface area contributed by atoms with Crippen LogP contribution in [0.2, 0.25) is 5.02 Å². The van der Waals surface area contributed by atoms with Crippen molar-refractivity contribution in [3.63, 3.8) is 0 Å². The number of carboxylic acid groups (broad SMARTS) is 1. The van der Waals surface area contributed by atoms with E-state index in [0.717, 1.165) is 33.0 Å². The summed E-state index contributed by atoms with van der Waals surface area (Å²) in [6.45, 7) is 11.2. The molecule has 0 unspecified atom stereocenters. The molecule has 0 aliphatic rings. The number of nitrogens with two attached hydrogens (primary N) is 1. The van der Waals surface area contributed by atoms with Crippen LogP contribution in [0, 0.1) is 18.8 Å². The fraction of sp³-hybridized carbons (Fsp3) is 0.321. The number of halogens is 1. The molecule has 0 bridgehead atoms. The van der Waals surface area contributed by atoms with Gasteiger partial charge in [-0.15, -0.1) is 0 Å². The summed E-state index contributed by atoms with van der Waals surface area (Å²) in [5, 5.41) is 12.6. The zero-order chi connectivity index (χ0) is 24.6. The first-order valence-electron chi connectivity index (χ1n) is 10.8. The summed E-state index contributed by atoms with van der Waals surface area (Å²) in [6.07, 6.45) is -1.14. The van der Waals surface area contributed by atoms with E-state index in [0.29, 0.717) is 10.6 Å². The van der Waals surface area contributed by atoms with Crippen LogP contribution in [0.15, 0.2) is 48.5 Å². The molecule has 0 aromatic heterocycles. The molecule has 0 aliphatic carbocycles. The van der Waals surface area contributed by atoms with Gasteiger partial charge in [0.15, 0.2) is 6.10 Å². The Balaban J connectivity index is 2.40. The minimum Gasteiger partial charge on any atom is -0.479 e. The van der Waals surface area contributed by atoms with E-state index >= 15 is 0 Å². The number of rotatable bonds is 4. The van der Waals surface area contributed by atoms with Crippen LogP contribution in [-0.2, 0) is 9.53 Å². The van der Waals surface area contributed by atoms with Gasteiger partial charge in [-0.25, -0.2) is 4.79 Å². The lowest BCUT2D eigenvalue weighted by Gasteiger charge is -2.28. The third-order valence-electron chi connectivity index (χ3n) is 5.01. The predicted molar refractivity (Wildman–Crippen MR) is 135 cm³/mol. The van der Waals surface area contributed by atoms with E-state index in [1.165, 1.54) is 0 Å².